The molecule has 0 radical (unpaired) electrons. The SMILES string of the molecule is NC(=O)[C@@H](O)CC1CC1. The number of carbonyl (C=O) groups excluding carboxylic acids is 1. The van der Waals surface area contributed by atoms with E-state index in [0.29, 0.717) is 12.3 Å². The van der Waals surface area contributed by atoms with Crippen molar-refractivity contribution in [3.63, 3.8) is 0 Å². The Hall–Kier alpha value is -0.570. The Morgan fingerprint density at radius 3 is 2.67 bits per heavy atom. The third-order valence-corrected chi connectivity index (χ3v) is 1.58. The Morgan fingerprint density at radius 2 is 2.33 bits per heavy atom. The standard InChI is InChI=1S/C6H11NO2/c7-6(9)5(8)3-4-1-2-4/h4-5,8H,1-3H2,(H2,7,9)/t5-/m0/s1. The van der Waals surface area contributed by atoms with Crippen molar-refractivity contribution in [2.24, 2.45) is 11.7 Å². The normalized spacial score (nSPS) is 21.4. The highest BCUT2D eigenvalue weighted by molar-refractivity contribution is 5.78. The Morgan fingerprint density at radius 1 is 1.78 bits per heavy atom. The summed E-state index contributed by atoms with van der Waals surface area (Å²) >= 11 is 0. The molecule has 0 unspecified atom stereocenters. The van der Waals surface area contributed by atoms with Crippen molar-refractivity contribution in [3.05, 3.63) is 0 Å². The number of rotatable bonds is 3. The summed E-state index contributed by atoms with van der Waals surface area (Å²) in [5.41, 5.74) is 4.82. The zero-order chi connectivity index (χ0) is 6.85. The second-order valence-electron chi connectivity index (χ2n) is 2.60. The summed E-state index contributed by atoms with van der Waals surface area (Å²) in [7, 11) is 0. The van der Waals surface area contributed by atoms with Crippen LogP contribution in [0.3, 0.4) is 0 Å². The molecule has 0 aliphatic heterocycles. The molecule has 1 saturated carbocycles. The average Bonchev–Trinajstić information content (AvgIpc) is 2.50. The van der Waals surface area contributed by atoms with Crippen molar-refractivity contribution < 1.29 is 9.90 Å². The predicted octanol–water partition coefficient (Wildman–Crippen LogP) is -0.367. The first-order valence-electron chi connectivity index (χ1n) is 3.17. The van der Waals surface area contributed by atoms with E-state index in [4.69, 9.17) is 10.8 Å². The molecule has 0 saturated heterocycles. The molecule has 0 aromatic heterocycles. The van der Waals surface area contributed by atoms with Gasteiger partial charge in [-0.15, -0.1) is 0 Å². The fourth-order valence-electron chi connectivity index (χ4n) is 0.785. The maximum atomic E-state index is 10.2. The number of carbonyl (C=O) groups is 1. The van der Waals surface area contributed by atoms with Crippen molar-refractivity contribution in [1.82, 2.24) is 0 Å². The summed E-state index contributed by atoms with van der Waals surface area (Å²) in [5.74, 6) is -0.0330. The molecule has 0 bridgehead atoms. The van der Waals surface area contributed by atoms with Gasteiger partial charge in [0.15, 0.2) is 0 Å². The van der Waals surface area contributed by atoms with Crippen LogP contribution in [-0.2, 0) is 4.79 Å². The van der Waals surface area contributed by atoms with E-state index in [2.05, 4.69) is 0 Å². The van der Waals surface area contributed by atoms with Gasteiger partial charge >= 0.3 is 0 Å². The summed E-state index contributed by atoms with van der Waals surface area (Å²) in [4.78, 5) is 10.2. The van der Waals surface area contributed by atoms with Crippen LogP contribution in [0.2, 0.25) is 0 Å². The molecule has 1 rings (SSSR count). The Labute approximate surface area is 53.9 Å². The number of aliphatic hydroxyl groups excluding tert-OH is 1. The molecule has 1 amide bonds. The van der Waals surface area contributed by atoms with Crippen LogP contribution in [0.15, 0.2) is 0 Å². The summed E-state index contributed by atoms with van der Waals surface area (Å²) in [6.45, 7) is 0. The van der Waals surface area contributed by atoms with E-state index in [-0.39, 0.29) is 0 Å². The molecule has 1 aliphatic carbocycles. The minimum Gasteiger partial charge on any atom is -0.383 e. The summed E-state index contributed by atoms with van der Waals surface area (Å²) in [6, 6.07) is 0. The van der Waals surface area contributed by atoms with E-state index in [9.17, 15) is 4.79 Å². The Balaban J connectivity index is 2.16. The van der Waals surface area contributed by atoms with Crippen molar-refractivity contribution in [2.45, 2.75) is 25.4 Å². The fraction of sp³-hybridized carbons (Fsp3) is 0.833. The zero-order valence-corrected chi connectivity index (χ0v) is 5.21. The van der Waals surface area contributed by atoms with E-state index in [1.807, 2.05) is 0 Å². The molecule has 52 valence electrons. The van der Waals surface area contributed by atoms with Gasteiger partial charge in [-0.1, -0.05) is 12.8 Å². The van der Waals surface area contributed by atoms with Gasteiger partial charge in [-0.05, 0) is 12.3 Å². The van der Waals surface area contributed by atoms with Crippen LogP contribution in [0.5, 0.6) is 0 Å². The van der Waals surface area contributed by atoms with Crippen molar-refractivity contribution >= 4 is 5.91 Å². The minimum atomic E-state index is -0.905. The van der Waals surface area contributed by atoms with Gasteiger partial charge in [0.05, 0.1) is 0 Å². The maximum Gasteiger partial charge on any atom is 0.246 e. The van der Waals surface area contributed by atoms with Gasteiger partial charge in [-0.3, -0.25) is 4.79 Å². The lowest BCUT2D eigenvalue weighted by atomic mass is 10.2. The third kappa shape index (κ3) is 2.01. The number of nitrogens with two attached hydrogens (primary N) is 1. The van der Waals surface area contributed by atoms with Crippen LogP contribution in [0.4, 0.5) is 0 Å². The van der Waals surface area contributed by atoms with Gasteiger partial charge in [-0.2, -0.15) is 0 Å². The van der Waals surface area contributed by atoms with Gasteiger partial charge in [0.2, 0.25) is 5.91 Å². The van der Waals surface area contributed by atoms with Crippen molar-refractivity contribution in [2.75, 3.05) is 0 Å². The smallest absolute Gasteiger partial charge is 0.246 e. The highest BCUT2D eigenvalue weighted by Gasteiger charge is 2.26. The average molecular weight is 129 g/mol. The highest BCUT2D eigenvalue weighted by atomic mass is 16.3. The lowest BCUT2D eigenvalue weighted by Crippen LogP contribution is -2.28. The lowest BCUT2D eigenvalue weighted by Gasteiger charge is -2.02. The fourth-order valence-corrected chi connectivity index (χ4v) is 0.785. The van der Waals surface area contributed by atoms with E-state index < -0.39 is 12.0 Å². The second kappa shape index (κ2) is 2.35. The first kappa shape index (κ1) is 6.55. The largest absolute Gasteiger partial charge is 0.383 e. The summed E-state index contributed by atoms with van der Waals surface area (Å²) in [5, 5.41) is 8.86. The Kier molecular flexibility index (Phi) is 1.71. The summed E-state index contributed by atoms with van der Waals surface area (Å²) in [6.07, 6.45) is 1.95. The molecule has 0 spiro atoms. The van der Waals surface area contributed by atoms with Gasteiger partial charge in [0.1, 0.15) is 6.10 Å². The molecule has 0 aromatic rings. The van der Waals surface area contributed by atoms with E-state index in [1.165, 1.54) is 0 Å². The van der Waals surface area contributed by atoms with Crippen LogP contribution in [0.1, 0.15) is 19.3 Å². The monoisotopic (exact) mass is 129 g/mol. The van der Waals surface area contributed by atoms with Crippen LogP contribution in [0.25, 0.3) is 0 Å². The van der Waals surface area contributed by atoms with Crippen LogP contribution in [-0.4, -0.2) is 17.1 Å². The molecule has 3 N–H and O–H groups in total. The summed E-state index contributed by atoms with van der Waals surface area (Å²) < 4.78 is 0. The van der Waals surface area contributed by atoms with Gasteiger partial charge in [-0.25, -0.2) is 0 Å². The molecule has 1 aliphatic rings. The minimum absolute atomic E-state index is 0.562. The number of aliphatic hydroxyl groups is 1. The number of primary amides is 1. The maximum absolute atomic E-state index is 10.2. The number of hydrogen-bond donors (Lipinski definition) is 2. The van der Waals surface area contributed by atoms with E-state index in [1.54, 1.807) is 0 Å². The Bertz CT molecular complexity index is 120. The topological polar surface area (TPSA) is 63.3 Å². The first-order valence-corrected chi connectivity index (χ1v) is 3.17. The van der Waals surface area contributed by atoms with E-state index >= 15 is 0 Å². The zero-order valence-electron chi connectivity index (χ0n) is 5.21. The molecule has 0 aromatic carbocycles. The van der Waals surface area contributed by atoms with Gasteiger partial charge in [0, 0.05) is 0 Å². The molecule has 9 heavy (non-hydrogen) atoms. The van der Waals surface area contributed by atoms with E-state index in [0.717, 1.165) is 12.8 Å². The van der Waals surface area contributed by atoms with Gasteiger partial charge in [0.25, 0.3) is 0 Å². The van der Waals surface area contributed by atoms with Crippen molar-refractivity contribution in [1.29, 1.82) is 0 Å². The van der Waals surface area contributed by atoms with Crippen LogP contribution in [0, 0.1) is 5.92 Å². The van der Waals surface area contributed by atoms with Gasteiger partial charge < -0.3 is 10.8 Å². The molecule has 1 atom stereocenters. The molecule has 3 heteroatoms. The second-order valence-corrected chi connectivity index (χ2v) is 2.60. The van der Waals surface area contributed by atoms with Crippen LogP contribution < -0.4 is 5.73 Å². The molecule has 1 fully saturated rings. The van der Waals surface area contributed by atoms with Crippen molar-refractivity contribution in [3.8, 4) is 0 Å². The molecular formula is C6H11NO2. The number of hydrogen-bond acceptors (Lipinski definition) is 2. The lowest BCUT2D eigenvalue weighted by molar-refractivity contribution is -0.126. The quantitative estimate of drug-likeness (QED) is 0.546. The number of amides is 1. The third-order valence-electron chi connectivity index (χ3n) is 1.58. The highest BCUT2D eigenvalue weighted by Crippen LogP contribution is 2.33. The van der Waals surface area contributed by atoms with Crippen LogP contribution >= 0.6 is 0 Å². The predicted molar refractivity (Wildman–Crippen MR) is 32.5 cm³/mol. The molecule has 0 heterocycles. The molecule has 3 nitrogen and oxygen atoms in total. The first-order chi connectivity index (χ1) is 4.20. The molecular weight excluding hydrogens is 118 g/mol.